The van der Waals surface area contributed by atoms with Gasteiger partial charge in [-0.3, -0.25) is 0 Å². The van der Waals surface area contributed by atoms with E-state index in [-0.39, 0.29) is 11.5 Å². The quantitative estimate of drug-likeness (QED) is 0.754. The Morgan fingerprint density at radius 2 is 1.93 bits per heavy atom. The molecule has 5 rings (SSSR count). The number of nitrogens with one attached hydrogen (secondary N) is 1. The van der Waals surface area contributed by atoms with E-state index in [0.717, 1.165) is 70.2 Å². The van der Waals surface area contributed by atoms with E-state index >= 15 is 0 Å². The number of thiazole rings is 1. The summed E-state index contributed by atoms with van der Waals surface area (Å²) in [5.74, 6) is 0. The third kappa shape index (κ3) is 3.53. The predicted octanol–water partition coefficient (Wildman–Crippen LogP) is 2.88. The van der Waals surface area contributed by atoms with E-state index in [2.05, 4.69) is 10.2 Å². The average Bonchev–Trinajstić information content (AvgIpc) is 3.20. The number of anilines is 1. The maximum atomic E-state index is 12.6. The summed E-state index contributed by atoms with van der Waals surface area (Å²) < 4.78 is 11.3. The van der Waals surface area contributed by atoms with Crippen LogP contribution in [0.3, 0.4) is 0 Å². The molecule has 0 saturated carbocycles. The van der Waals surface area contributed by atoms with E-state index in [1.807, 2.05) is 37.0 Å². The van der Waals surface area contributed by atoms with Crippen LogP contribution < -0.4 is 10.2 Å². The molecule has 29 heavy (non-hydrogen) atoms. The Bertz CT molecular complexity index is 769. The molecule has 5 heterocycles. The number of rotatable bonds is 1. The number of ether oxygens (including phenoxy) is 2. The van der Waals surface area contributed by atoms with Crippen molar-refractivity contribution in [2.45, 2.75) is 76.1 Å². The Labute approximate surface area is 176 Å². The highest BCUT2D eigenvalue weighted by Crippen LogP contribution is 2.45. The third-order valence-corrected chi connectivity index (χ3v) is 7.81. The van der Waals surface area contributed by atoms with Gasteiger partial charge in [-0.2, -0.15) is 0 Å². The first kappa shape index (κ1) is 19.6. The number of carbonyl (C=O) groups excluding carboxylic acids is 1. The Morgan fingerprint density at radius 3 is 2.59 bits per heavy atom. The lowest BCUT2D eigenvalue weighted by Crippen LogP contribution is -2.56. The highest BCUT2D eigenvalue weighted by Gasteiger charge is 2.46. The van der Waals surface area contributed by atoms with Gasteiger partial charge in [-0.05, 0) is 46.5 Å². The monoisotopic (exact) mass is 420 g/mol. The summed E-state index contributed by atoms with van der Waals surface area (Å²) in [5.41, 5.74) is 0.999. The number of amides is 1. The van der Waals surface area contributed by atoms with Crippen LogP contribution in [-0.4, -0.2) is 66.5 Å². The van der Waals surface area contributed by atoms with Gasteiger partial charge in [0, 0.05) is 61.8 Å². The molecule has 1 N–H and O–H groups in total. The molecule has 1 aromatic heterocycles. The molecule has 4 aliphatic rings. The lowest BCUT2D eigenvalue weighted by Gasteiger charge is -2.41. The highest BCUT2D eigenvalue weighted by molar-refractivity contribution is 7.15. The molecule has 1 amide bonds. The van der Waals surface area contributed by atoms with E-state index < -0.39 is 5.60 Å². The second kappa shape index (κ2) is 7.10. The first-order valence-electron chi connectivity index (χ1n) is 10.9. The van der Waals surface area contributed by atoms with Crippen molar-refractivity contribution in [3.63, 3.8) is 0 Å². The van der Waals surface area contributed by atoms with Crippen LogP contribution in [0.4, 0.5) is 9.93 Å². The maximum Gasteiger partial charge on any atom is 0.410 e. The van der Waals surface area contributed by atoms with Crippen molar-refractivity contribution < 1.29 is 14.3 Å². The van der Waals surface area contributed by atoms with Crippen LogP contribution in [0.15, 0.2) is 0 Å². The van der Waals surface area contributed by atoms with Crippen LogP contribution in [-0.2, 0) is 21.4 Å². The van der Waals surface area contributed by atoms with Gasteiger partial charge >= 0.3 is 6.09 Å². The first-order valence-corrected chi connectivity index (χ1v) is 11.7. The molecule has 7 nitrogen and oxygen atoms in total. The second-order valence-corrected chi connectivity index (χ2v) is 11.0. The summed E-state index contributed by atoms with van der Waals surface area (Å²) in [4.78, 5) is 23.6. The van der Waals surface area contributed by atoms with E-state index in [0.29, 0.717) is 12.1 Å². The predicted molar refractivity (Wildman–Crippen MR) is 113 cm³/mol. The fourth-order valence-corrected chi connectivity index (χ4v) is 6.64. The zero-order chi connectivity index (χ0) is 20.2. The number of fused-ring (bicyclic) bond motifs is 4. The Balaban J connectivity index is 1.36. The van der Waals surface area contributed by atoms with Crippen molar-refractivity contribution >= 4 is 22.6 Å². The highest BCUT2D eigenvalue weighted by atomic mass is 32.1. The Kier molecular flexibility index (Phi) is 4.79. The minimum absolute atomic E-state index is 0.137. The lowest BCUT2D eigenvalue weighted by atomic mass is 9.75. The van der Waals surface area contributed by atoms with Gasteiger partial charge < -0.3 is 24.6 Å². The third-order valence-electron chi connectivity index (χ3n) is 6.74. The summed E-state index contributed by atoms with van der Waals surface area (Å²) in [6, 6.07) is 0.680. The minimum atomic E-state index is -0.452. The molecule has 2 bridgehead atoms. The molecular formula is C21H32N4O3S. The molecule has 0 radical (unpaired) electrons. The maximum absolute atomic E-state index is 12.6. The van der Waals surface area contributed by atoms with Crippen molar-refractivity contribution in [2.24, 2.45) is 0 Å². The van der Waals surface area contributed by atoms with Gasteiger partial charge in [0.25, 0.3) is 0 Å². The summed E-state index contributed by atoms with van der Waals surface area (Å²) in [6.45, 7) is 10.8. The number of likely N-dealkylation sites (tertiary alicyclic amines) is 1. The topological polar surface area (TPSA) is 66.9 Å². The van der Waals surface area contributed by atoms with E-state index in [1.165, 1.54) is 10.6 Å². The van der Waals surface area contributed by atoms with E-state index in [9.17, 15) is 4.79 Å². The van der Waals surface area contributed by atoms with Gasteiger partial charge in [0.15, 0.2) is 5.13 Å². The van der Waals surface area contributed by atoms with E-state index in [1.54, 1.807) is 0 Å². The zero-order valence-corrected chi connectivity index (χ0v) is 18.5. The molecule has 1 aromatic rings. The lowest BCUT2D eigenvalue weighted by molar-refractivity contribution is 0.0209. The molecule has 0 aromatic carbocycles. The summed E-state index contributed by atoms with van der Waals surface area (Å²) in [6.07, 6.45) is 4.15. The van der Waals surface area contributed by atoms with Crippen molar-refractivity contribution in [3.05, 3.63) is 10.6 Å². The van der Waals surface area contributed by atoms with Crippen molar-refractivity contribution in [3.8, 4) is 0 Å². The molecule has 2 unspecified atom stereocenters. The standard InChI is InChI=1S/C21H32N4O3S/c1-20(2,3)28-19(26)24-11-14-4-5-15(12-24)25(14)18-23-17-16(29-18)10-22-13-21(17)6-8-27-9-7-21/h14-15,22H,4-13H2,1-3H3. The zero-order valence-electron chi connectivity index (χ0n) is 17.7. The van der Waals surface area contributed by atoms with Gasteiger partial charge in [-0.1, -0.05) is 0 Å². The first-order chi connectivity index (χ1) is 13.8. The van der Waals surface area contributed by atoms with Gasteiger partial charge in [-0.25, -0.2) is 9.78 Å². The number of hydrogen-bond acceptors (Lipinski definition) is 7. The van der Waals surface area contributed by atoms with Gasteiger partial charge in [0.1, 0.15) is 5.60 Å². The summed E-state index contributed by atoms with van der Waals surface area (Å²) in [5, 5.41) is 4.78. The van der Waals surface area contributed by atoms with Crippen LogP contribution in [0.1, 0.15) is 57.0 Å². The van der Waals surface area contributed by atoms with Crippen LogP contribution >= 0.6 is 11.3 Å². The van der Waals surface area contributed by atoms with Gasteiger partial charge in [0.05, 0.1) is 5.69 Å². The number of piperazine rings is 1. The molecule has 0 aliphatic carbocycles. The van der Waals surface area contributed by atoms with Crippen molar-refractivity contribution in [1.82, 2.24) is 15.2 Å². The van der Waals surface area contributed by atoms with Crippen LogP contribution in [0.25, 0.3) is 0 Å². The van der Waals surface area contributed by atoms with Gasteiger partial charge in [0.2, 0.25) is 0 Å². The number of aromatic nitrogens is 1. The minimum Gasteiger partial charge on any atom is -0.444 e. The molecule has 2 atom stereocenters. The second-order valence-electron chi connectivity index (χ2n) is 9.94. The smallest absolute Gasteiger partial charge is 0.410 e. The number of nitrogens with zero attached hydrogens (tertiary/aromatic N) is 3. The fourth-order valence-electron chi connectivity index (χ4n) is 5.35. The molecule has 160 valence electrons. The Morgan fingerprint density at radius 1 is 1.24 bits per heavy atom. The normalized spacial score (nSPS) is 28.5. The van der Waals surface area contributed by atoms with Crippen LogP contribution in [0.5, 0.6) is 0 Å². The summed E-state index contributed by atoms with van der Waals surface area (Å²) in [7, 11) is 0. The molecule has 3 fully saturated rings. The fraction of sp³-hybridized carbons (Fsp3) is 0.810. The Hall–Kier alpha value is -1.38. The van der Waals surface area contributed by atoms with Crippen LogP contribution in [0, 0.1) is 0 Å². The average molecular weight is 421 g/mol. The molecule has 3 saturated heterocycles. The molecule has 8 heteroatoms. The van der Waals surface area contributed by atoms with Gasteiger partial charge in [-0.15, -0.1) is 11.3 Å². The molecular weight excluding hydrogens is 388 g/mol. The van der Waals surface area contributed by atoms with Crippen molar-refractivity contribution in [1.29, 1.82) is 0 Å². The summed E-state index contributed by atoms with van der Waals surface area (Å²) >= 11 is 1.85. The number of hydrogen-bond donors (Lipinski definition) is 1. The molecule has 4 aliphatic heterocycles. The SMILES string of the molecule is CC(C)(C)OC(=O)N1CC2CCC(C1)N2c1nc2c(s1)CNCC21CCOCC1. The van der Waals surface area contributed by atoms with Crippen molar-refractivity contribution in [2.75, 3.05) is 37.7 Å². The van der Waals surface area contributed by atoms with E-state index in [4.69, 9.17) is 14.5 Å². The number of carbonyl (C=O) groups is 1. The largest absolute Gasteiger partial charge is 0.444 e. The van der Waals surface area contributed by atoms with Crippen LogP contribution in [0.2, 0.25) is 0 Å². The molecule has 1 spiro atoms.